The van der Waals surface area contributed by atoms with Crippen molar-refractivity contribution in [2.75, 3.05) is 13.7 Å². The first-order valence-corrected chi connectivity index (χ1v) is 9.37. The molecule has 2 aromatic rings. The minimum atomic E-state index is -0.475. The monoisotopic (exact) mass is 401 g/mol. The van der Waals surface area contributed by atoms with Gasteiger partial charge in [0.25, 0.3) is 16.8 Å². The Bertz CT molecular complexity index is 1020. The van der Waals surface area contributed by atoms with Gasteiger partial charge < -0.3 is 9.30 Å². The van der Waals surface area contributed by atoms with Crippen molar-refractivity contribution in [2.24, 2.45) is 0 Å². The molecule has 1 aliphatic heterocycles. The van der Waals surface area contributed by atoms with Crippen LogP contribution in [-0.4, -0.2) is 39.2 Å². The Morgan fingerprint density at radius 1 is 1.25 bits per heavy atom. The Balaban J connectivity index is 2.07. The summed E-state index contributed by atoms with van der Waals surface area (Å²) in [5.41, 5.74) is 3.08. The van der Waals surface area contributed by atoms with E-state index in [2.05, 4.69) is 0 Å². The molecule has 0 bridgehead atoms. The second-order valence-electron chi connectivity index (χ2n) is 6.20. The van der Waals surface area contributed by atoms with Crippen LogP contribution in [0.15, 0.2) is 29.2 Å². The number of benzene rings is 1. The highest BCUT2D eigenvalue weighted by atomic mass is 32.2. The van der Waals surface area contributed by atoms with E-state index in [9.17, 15) is 19.7 Å². The van der Waals surface area contributed by atoms with Gasteiger partial charge in [0.05, 0.1) is 28.7 Å². The number of hydrogen-bond acceptors (Lipinski definition) is 6. The lowest BCUT2D eigenvalue weighted by Crippen LogP contribution is -2.27. The van der Waals surface area contributed by atoms with Crippen molar-refractivity contribution in [3.05, 3.63) is 56.2 Å². The van der Waals surface area contributed by atoms with Crippen LogP contribution in [0.5, 0.6) is 5.75 Å². The molecule has 0 atom stereocenters. The number of nitro benzene ring substituents is 1. The fourth-order valence-corrected chi connectivity index (χ4v) is 4.08. The van der Waals surface area contributed by atoms with Gasteiger partial charge in [0, 0.05) is 24.0 Å². The predicted octanol–water partition coefficient (Wildman–Crippen LogP) is 4.07. The van der Waals surface area contributed by atoms with Gasteiger partial charge in [-0.05, 0) is 56.3 Å². The summed E-state index contributed by atoms with van der Waals surface area (Å²) in [5.74, 6) is 0.0732. The second kappa shape index (κ2) is 7.51. The molecule has 2 heterocycles. The number of non-ortho nitro benzene ring substituents is 1. The SMILES string of the molecule is CCN1C(=O)S/C(=C/c2cc(C)n(-c3ccc([N+](=O)[O-])cc3OC)c2C)C1=O. The van der Waals surface area contributed by atoms with Crippen molar-refractivity contribution in [1.82, 2.24) is 9.47 Å². The molecule has 0 saturated carbocycles. The summed E-state index contributed by atoms with van der Waals surface area (Å²) in [6, 6.07) is 6.32. The molecule has 0 radical (unpaired) electrons. The van der Waals surface area contributed by atoms with Crippen LogP contribution in [0.4, 0.5) is 10.5 Å². The standard InChI is InChI=1S/C19H19N3O5S/c1-5-20-18(23)17(28-19(20)24)9-13-8-11(2)21(12(13)3)15-7-6-14(22(25)26)10-16(15)27-4/h6-10H,5H2,1-4H3/b17-9+. The summed E-state index contributed by atoms with van der Waals surface area (Å²) < 4.78 is 7.25. The molecule has 2 amide bonds. The van der Waals surface area contributed by atoms with Gasteiger partial charge in [-0.2, -0.15) is 0 Å². The van der Waals surface area contributed by atoms with E-state index < -0.39 is 4.92 Å². The zero-order valence-electron chi connectivity index (χ0n) is 15.9. The van der Waals surface area contributed by atoms with E-state index in [0.717, 1.165) is 28.7 Å². The van der Waals surface area contributed by atoms with E-state index in [1.807, 2.05) is 24.5 Å². The van der Waals surface area contributed by atoms with E-state index in [4.69, 9.17) is 4.74 Å². The first-order chi connectivity index (χ1) is 13.3. The van der Waals surface area contributed by atoms with Gasteiger partial charge in [0.15, 0.2) is 0 Å². The fraction of sp³-hybridized carbons (Fsp3) is 0.263. The number of aromatic nitrogens is 1. The number of carbonyl (C=O) groups excluding carboxylic acids is 2. The topological polar surface area (TPSA) is 94.7 Å². The average Bonchev–Trinajstić information content (AvgIpc) is 3.09. The number of methoxy groups -OCH3 is 1. The smallest absolute Gasteiger partial charge is 0.293 e. The lowest BCUT2D eigenvalue weighted by atomic mass is 10.2. The first-order valence-electron chi connectivity index (χ1n) is 8.55. The molecule has 9 heteroatoms. The van der Waals surface area contributed by atoms with Gasteiger partial charge in [-0.1, -0.05) is 0 Å². The summed E-state index contributed by atoms with van der Waals surface area (Å²) in [6.45, 7) is 5.86. The number of likely N-dealkylation sites (N-methyl/N-ethyl adjacent to an activating group) is 1. The Kier molecular flexibility index (Phi) is 5.28. The third-order valence-corrected chi connectivity index (χ3v) is 5.47. The number of imide groups is 1. The number of nitro groups is 1. The molecule has 0 spiro atoms. The quantitative estimate of drug-likeness (QED) is 0.426. The van der Waals surface area contributed by atoms with Crippen molar-refractivity contribution >= 4 is 34.7 Å². The number of rotatable bonds is 5. The van der Waals surface area contributed by atoms with Crippen molar-refractivity contribution in [3.8, 4) is 11.4 Å². The molecule has 3 rings (SSSR count). The second-order valence-corrected chi connectivity index (χ2v) is 7.19. The van der Waals surface area contributed by atoms with Crippen LogP contribution in [0.25, 0.3) is 11.8 Å². The molecule has 8 nitrogen and oxygen atoms in total. The van der Waals surface area contributed by atoms with Gasteiger partial charge in [0.1, 0.15) is 5.75 Å². The first kappa shape index (κ1) is 19.7. The normalized spacial score (nSPS) is 15.6. The number of aryl methyl sites for hydroxylation is 1. The van der Waals surface area contributed by atoms with E-state index >= 15 is 0 Å². The van der Waals surface area contributed by atoms with Crippen molar-refractivity contribution in [1.29, 1.82) is 0 Å². The minimum absolute atomic E-state index is 0.0588. The summed E-state index contributed by atoms with van der Waals surface area (Å²) in [4.78, 5) is 36.4. The molecule has 0 N–H and O–H groups in total. The molecule has 28 heavy (non-hydrogen) atoms. The molecule has 146 valence electrons. The Hall–Kier alpha value is -3.07. The summed E-state index contributed by atoms with van der Waals surface area (Å²) in [5, 5.41) is 10.8. The van der Waals surface area contributed by atoms with E-state index in [1.54, 1.807) is 19.1 Å². The molecule has 0 aliphatic carbocycles. The molecule has 1 aromatic carbocycles. The van der Waals surface area contributed by atoms with Crippen LogP contribution >= 0.6 is 11.8 Å². The highest BCUT2D eigenvalue weighted by Crippen LogP contribution is 2.35. The summed E-state index contributed by atoms with van der Waals surface area (Å²) >= 11 is 0.923. The zero-order valence-corrected chi connectivity index (χ0v) is 16.7. The summed E-state index contributed by atoms with van der Waals surface area (Å²) in [7, 11) is 1.46. The molecule has 1 saturated heterocycles. The fourth-order valence-electron chi connectivity index (χ4n) is 3.18. The Morgan fingerprint density at radius 3 is 2.54 bits per heavy atom. The predicted molar refractivity (Wildman–Crippen MR) is 107 cm³/mol. The maximum atomic E-state index is 12.4. The number of thioether (sulfide) groups is 1. The van der Waals surface area contributed by atoms with E-state index in [-0.39, 0.29) is 16.8 Å². The molecular weight excluding hydrogens is 382 g/mol. The third kappa shape index (κ3) is 3.29. The minimum Gasteiger partial charge on any atom is -0.494 e. The van der Waals surface area contributed by atoms with Crippen LogP contribution in [-0.2, 0) is 4.79 Å². The molecular formula is C19H19N3O5S. The number of nitrogens with zero attached hydrogens (tertiary/aromatic N) is 3. The maximum absolute atomic E-state index is 12.4. The molecule has 0 unspecified atom stereocenters. The van der Waals surface area contributed by atoms with Crippen molar-refractivity contribution in [2.45, 2.75) is 20.8 Å². The Labute approximate surface area is 165 Å². The lowest BCUT2D eigenvalue weighted by molar-refractivity contribution is -0.384. The highest BCUT2D eigenvalue weighted by Gasteiger charge is 2.34. The van der Waals surface area contributed by atoms with E-state index in [1.165, 1.54) is 24.1 Å². The van der Waals surface area contributed by atoms with Gasteiger partial charge in [0.2, 0.25) is 0 Å². The summed E-state index contributed by atoms with van der Waals surface area (Å²) in [6.07, 6.45) is 1.71. The zero-order chi connectivity index (χ0) is 20.6. The van der Waals surface area contributed by atoms with Gasteiger partial charge in [-0.25, -0.2) is 0 Å². The van der Waals surface area contributed by atoms with Crippen LogP contribution in [0.2, 0.25) is 0 Å². The molecule has 1 fully saturated rings. The van der Waals surface area contributed by atoms with E-state index in [0.29, 0.717) is 22.9 Å². The van der Waals surface area contributed by atoms with Crippen LogP contribution in [0.1, 0.15) is 23.9 Å². The number of amides is 2. The Morgan fingerprint density at radius 2 is 1.96 bits per heavy atom. The molecule has 1 aromatic heterocycles. The highest BCUT2D eigenvalue weighted by molar-refractivity contribution is 8.18. The average molecular weight is 401 g/mol. The number of ether oxygens (including phenoxy) is 1. The van der Waals surface area contributed by atoms with Crippen molar-refractivity contribution < 1.29 is 19.2 Å². The third-order valence-electron chi connectivity index (χ3n) is 4.56. The van der Waals surface area contributed by atoms with Crippen molar-refractivity contribution in [3.63, 3.8) is 0 Å². The van der Waals surface area contributed by atoms with Crippen LogP contribution in [0.3, 0.4) is 0 Å². The van der Waals surface area contributed by atoms with Crippen LogP contribution in [0, 0.1) is 24.0 Å². The molecule has 1 aliphatic rings. The van der Waals surface area contributed by atoms with Gasteiger partial charge in [-0.3, -0.25) is 24.6 Å². The van der Waals surface area contributed by atoms with Gasteiger partial charge in [-0.15, -0.1) is 0 Å². The van der Waals surface area contributed by atoms with Gasteiger partial charge >= 0.3 is 0 Å². The number of carbonyl (C=O) groups is 2. The number of hydrogen-bond donors (Lipinski definition) is 0. The van der Waals surface area contributed by atoms with Crippen LogP contribution < -0.4 is 4.74 Å². The maximum Gasteiger partial charge on any atom is 0.293 e. The lowest BCUT2D eigenvalue weighted by Gasteiger charge is -2.13. The largest absolute Gasteiger partial charge is 0.494 e.